The Morgan fingerprint density at radius 2 is 1.89 bits per heavy atom. The molecule has 1 fully saturated rings. The number of allylic oxidation sites excluding steroid dienone is 2. The van der Waals surface area contributed by atoms with Crippen molar-refractivity contribution in [2.24, 2.45) is 11.8 Å². The second-order valence-electron chi connectivity index (χ2n) is 9.30. The van der Waals surface area contributed by atoms with Crippen molar-refractivity contribution in [2.45, 2.75) is 97.7 Å². The van der Waals surface area contributed by atoms with Crippen LogP contribution >= 0.6 is 0 Å². The third-order valence-electron chi connectivity index (χ3n) is 6.56. The van der Waals surface area contributed by atoms with Gasteiger partial charge in [-0.2, -0.15) is 0 Å². The van der Waals surface area contributed by atoms with Crippen LogP contribution in [0, 0.1) is 11.8 Å². The fraction of sp³-hybridized carbons (Fsp3) is 0.750. The average Bonchev–Trinajstić information content (AvgIpc) is 3.09. The molecule has 1 saturated carbocycles. The van der Waals surface area contributed by atoms with Crippen molar-refractivity contribution in [3.8, 4) is 0 Å². The van der Waals surface area contributed by atoms with Crippen molar-refractivity contribution in [2.75, 3.05) is 26.2 Å². The molecule has 0 heterocycles. The van der Waals surface area contributed by atoms with Crippen molar-refractivity contribution >= 4 is 17.7 Å². The van der Waals surface area contributed by atoms with Crippen molar-refractivity contribution < 1.29 is 29.0 Å². The summed E-state index contributed by atoms with van der Waals surface area (Å²) in [6.07, 6.45) is 13.0. The molecule has 1 aliphatic rings. The van der Waals surface area contributed by atoms with Gasteiger partial charge in [0.25, 0.3) is 0 Å². The highest BCUT2D eigenvalue weighted by atomic mass is 16.5. The summed E-state index contributed by atoms with van der Waals surface area (Å²) in [5.41, 5.74) is 0. The van der Waals surface area contributed by atoms with Crippen molar-refractivity contribution in [3.63, 3.8) is 0 Å². The molecule has 1 N–H and O–H groups in total. The number of unbranched alkanes of at least 4 members (excludes halogenated alkanes) is 3. The molecule has 0 amide bonds. The van der Waals surface area contributed by atoms with Crippen LogP contribution in [0.5, 0.6) is 0 Å². The first-order chi connectivity index (χ1) is 16.8. The van der Waals surface area contributed by atoms with Gasteiger partial charge in [-0.1, -0.05) is 51.8 Å². The third-order valence-corrected chi connectivity index (χ3v) is 6.56. The number of ketones is 1. The van der Waals surface area contributed by atoms with Crippen LogP contribution in [-0.2, 0) is 23.9 Å². The molecule has 4 atom stereocenters. The van der Waals surface area contributed by atoms with Gasteiger partial charge < -0.3 is 19.5 Å². The molecule has 0 bridgehead atoms. The quantitative estimate of drug-likeness (QED) is 0.169. The minimum absolute atomic E-state index is 0.0589. The van der Waals surface area contributed by atoms with Crippen LogP contribution in [0.2, 0.25) is 0 Å². The zero-order valence-corrected chi connectivity index (χ0v) is 22.2. The van der Waals surface area contributed by atoms with Crippen LogP contribution in [0.4, 0.5) is 0 Å². The molecule has 0 aliphatic heterocycles. The Balaban J connectivity index is 2.46. The number of carbonyl (C=O) groups is 3. The number of Topliss-reactive ketones (excluding diaryl/α,β-unsaturated/α-hetero) is 1. The highest BCUT2D eigenvalue weighted by Crippen LogP contribution is 2.33. The van der Waals surface area contributed by atoms with Gasteiger partial charge in [0, 0.05) is 38.1 Å². The first-order valence-corrected chi connectivity index (χ1v) is 13.4. The lowest BCUT2D eigenvalue weighted by molar-refractivity contribution is -0.145. The van der Waals surface area contributed by atoms with E-state index < -0.39 is 6.10 Å². The number of hydrogen-bond acceptors (Lipinski definition) is 7. The Morgan fingerprint density at radius 1 is 1.14 bits per heavy atom. The summed E-state index contributed by atoms with van der Waals surface area (Å²) in [7, 11) is 0. The second-order valence-corrected chi connectivity index (χ2v) is 9.30. The maximum atomic E-state index is 12.5. The highest BCUT2D eigenvalue weighted by Gasteiger charge is 2.39. The second kappa shape index (κ2) is 18.3. The molecule has 7 heteroatoms. The maximum absolute atomic E-state index is 12.5. The fourth-order valence-electron chi connectivity index (χ4n) is 4.41. The van der Waals surface area contributed by atoms with Gasteiger partial charge in [-0.3, -0.25) is 14.4 Å². The minimum atomic E-state index is -0.711. The zero-order valence-electron chi connectivity index (χ0n) is 22.2. The molecule has 1 rings (SSSR count). The van der Waals surface area contributed by atoms with Crippen molar-refractivity contribution in [3.05, 3.63) is 24.3 Å². The summed E-state index contributed by atoms with van der Waals surface area (Å²) in [6, 6.07) is 0. The van der Waals surface area contributed by atoms with Crippen LogP contribution in [0.1, 0.15) is 85.5 Å². The topological polar surface area (TPSA) is 93.1 Å². The molecule has 1 aliphatic carbocycles. The summed E-state index contributed by atoms with van der Waals surface area (Å²) in [4.78, 5) is 38.0. The third kappa shape index (κ3) is 13.0. The van der Waals surface area contributed by atoms with E-state index in [9.17, 15) is 19.5 Å². The molecule has 0 spiro atoms. The number of rotatable bonds is 18. The van der Waals surface area contributed by atoms with Crippen LogP contribution in [-0.4, -0.2) is 66.2 Å². The van der Waals surface area contributed by atoms with E-state index in [1.54, 1.807) is 0 Å². The standard InChI is InChI=1S/C28H47NO6/c1-5-8-11-14-23(35-22(4)30)17-18-25-24(26(31)21-27(25)32)15-12-9-10-13-16-28(33)34-20-19-29(6-2)7-3/h9,12,17-18,23-25,27,32H,5-8,10-11,13-16,19-21H2,1-4H3/b12-9+,18-17+/t23?,24-,25-,27?/m1/s1. The lowest BCUT2D eigenvalue weighted by Gasteiger charge is -2.18. The van der Waals surface area contributed by atoms with E-state index in [0.717, 1.165) is 51.7 Å². The first-order valence-electron chi connectivity index (χ1n) is 13.4. The van der Waals surface area contributed by atoms with Crippen molar-refractivity contribution in [1.82, 2.24) is 4.90 Å². The summed E-state index contributed by atoms with van der Waals surface area (Å²) in [5, 5.41) is 10.4. The van der Waals surface area contributed by atoms with Gasteiger partial charge in [0.15, 0.2) is 0 Å². The number of ether oxygens (including phenoxy) is 2. The SMILES string of the molecule is CCCCCC(/C=C/[C@H]1C(O)CC(=O)[C@@H]1C/C=C/CCCC(=O)OCCN(CC)CC)OC(C)=O. The zero-order chi connectivity index (χ0) is 26.1. The Bertz CT molecular complexity index is 685. The van der Waals surface area contributed by atoms with Crippen molar-refractivity contribution in [1.29, 1.82) is 0 Å². The number of likely N-dealkylation sites (N-methyl/N-ethyl adjacent to an activating group) is 1. The Labute approximate surface area is 211 Å². The fourth-order valence-corrected chi connectivity index (χ4v) is 4.41. The monoisotopic (exact) mass is 493 g/mol. The smallest absolute Gasteiger partial charge is 0.305 e. The summed E-state index contributed by atoms with van der Waals surface area (Å²) < 4.78 is 10.7. The van der Waals surface area contributed by atoms with Gasteiger partial charge in [0.2, 0.25) is 0 Å². The summed E-state index contributed by atoms with van der Waals surface area (Å²) >= 11 is 0. The normalized spacial score (nSPS) is 21.3. The molecule has 2 unspecified atom stereocenters. The van der Waals surface area contributed by atoms with Crippen LogP contribution in [0.3, 0.4) is 0 Å². The minimum Gasteiger partial charge on any atom is -0.464 e. The maximum Gasteiger partial charge on any atom is 0.305 e. The predicted molar refractivity (Wildman–Crippen MR) is 138 cm³/mol. The molecule has 0 radical (unpaired) electrons. The molecule has 35 heavy (non-hydrogen) atoms. The predicted octanol–water partition coefficient (Wildman–Crippen LogP) is 4.62. The Morgan fingerprint density at radius 3 is 2.54 bits per heavy atom. The number of nitrogens with zero attached hydrogens (tertiary/aromatic N) is 1. The van der Waals surface area contributed by atoms with Gasteiger partial charge >= 0.3 is 11.9 Å². The summed E-state index contributed by atoms with van der Waals surface area (Å²) in [5.74, 6) is -1.01. The van der Waals surface area contributed by atoms with Gasteiger partial charge in [-0.05, 0) is 51.3 Å². The van der Waals surface area contributed by atoms with E-state index in [4.69, 9.17) is 9.47 Å². The number of carbonyl (C=O) groups excluding carboxylic acids is 3. The van der Waals surface area contributed by atoms with Gasteiger partial charge in [0.1, 0.15) is 18.5 Å². The average molecular weight is 494 g/mol. The van der Waals surface area contributed by atoms with Crippen LogP contribution in [0.25, 0.3) is 0 Å². The molecular formula is C28H47NO6. The molecule has 0 aromatic heterocycles. The van der Waals surface area contributed by atoms with E-state index in [0.29, 0.717) is 25.9 Å². The molecule has 0 saturated heterocycles. The molecule has 7 nitrogen and oxygen atoms in total. The Kier molecular flexibility index (Phi) is 16.2. The van der Waals surface area contributed by atoms with E-state index in [2.05, 4.69) is 25.7 Å². The molecule has 0 aromatic rings. The van der Waals surface area contributed by atoms with E-state index in [1.807, 2.05) is 24.3 Å². The summed E-state index contributed by atoms with van der Waals surface area (Å²) in [6.45, 7) is 10.8. The largest absolute Gasteiger partial charge is 0.464 e. The molecule has 0 aromatic carbocycles. The first kappa shape index (κ1) is 31.0. The highest BCUT2D eigenvalue weighted by molar-refractivity contribution is 5.84. The number of esters is 2. The lowest BCUT2D eigenvalue weighted by Crippen LogP contribution is -2.27. The number of aliphatic hydroxyl groups is 1. The molecular weight excluding hydrogens is 446 g/mol. The number of aliphatic hydroxyl groups excluding tert-OH is 1. The van der Waals surface area contributed by atoms with Crippen LogP contribution < -0.4 is 0 Å². The van der Waals surface area contributed by atoms with E-state index >= 15 is 0 Å². The molecule has 200 valence electrons. The lowest BCUT2D eigenvalue weighted by atomic mass is 9.90. The number of hydrogen-bond donors (Lipinski definition) is 1. The van der Waals surface area contributed by atoms with E-state index in [-0.39, 0.29) is 42.1 Å². The van der Waals surface area contributed by atoms with Gasteiger partial charge in [-0.25, -0.2) is 0 Å². The van der Waals surface area contributed by atoms with Gasteiger partial charge in [-0.15, -0.1) is 0 Å². The van der Waals surface area contributed by atoms with Crippen LogP contribution in [0.15, 0.2) is 24.3 Å². The van der Waals surface area contributed by atoms with E-state index in [1.165, 1.54) is 6.92 Å². The Hall–Kier alpha value is -1.99. The van der Waals surface area contributed by atoms with Gasteiger partial charge in [0.05, 0.1) is 6.10 Å².